The minimum atomic E-state index is -0.436. The van der Waals surface area contributed by atoms with Crippen LogP contribution < -0.4 is 0 Å². The van der Waals surface area contributed by atoms with Crippen molar-refractivity contribution in [1.82, 2.24) is 24.1 Å². The molecule has 2 aromatic heterocycles. The molecule has 3 heterocycles. The van der Waals surface area contributed by atoms with Crippen molar-refractivity contribution in [2.75, 3.05) is 26.2 Å². The summed E-state index contributed by atoms with van der Waals surface area (Å²) in [4.78, 5) is 28.9. The van der Waals surface area contributed by atoms with Gasteiger partial charge in [-0.25, -0.2) is 4.39 Å². The molecule has 1 saturated heterocycles. The Bertz CT molecular complexity index is 1000. The zero-order valence-electron chi connectivity index (χ0n) is 15.5. The molecule has 8 heteroatoms. The molecular formula is C20H20FN5O2. The van der Waals surface area contributed by atoms with Crippen molar-refractivity contribution >= 4 is 11.8 Å². The topological polar surface area (TPSA) is 63.4 Å². The van der Waals surface area contributed by atoms with Gasteiger partial charge in [-0.3, -0.25) is 14.3 Å². The summed E-state index contributed by atoms with van der Waals surface area (Å²) in [6.45, 7) is 1.64. The summed E-state index contributed by atoms with van der Waals surface area (Å²) in [5, 5.41) is 4.23. The minimum absolute atomic E-state index is 0.116. The second-order valence-electron chi connectivity index (χ2n) is 6.69. The number of nitrogens with zero attached hydrogens (tertiary/aromatic N) is 5. The Labute approximate surface area is 161 Å². The van der Waals surface area contributed by atoms with E-state index in [1.807, 2.05) is 29.1 Å². The number of hydrogen-bond acceptors (Lipinski definition) is 3. The second-order valence-corrected chi connectivity index (χ2v) is 6.69. The maximum atomic E-state index is 13.4. The van der Waals surface area contributed by atoms with Gasteiger partial charge in [0.05, 0.1) is 6.20 Å². The fourth-order valence-electron chi connectivity index (χ4n) is 3.45. The normalized spacial score (nSPS) is 14.4. The van der Waals surface area contributed by atoms with Crippen molar-refractivity contribution in [2.24, 2.45) is 7.05 Å². The highest BCUT2D eigenvalue weighted by molar-refractivity contribution is 5.98. The standard InChI is InChI=1S/C20H20FN5O2/c1-23-18(24-7-2-3-8-24)17(14-22-23)20(28)26-11-9-25(10-12-26)19(27)15-5-4-6-16(21)13-15/h2-8,13-14H,9-12H2,1H3. The molecule has 0 saturated carbocycles. The molecule has 1 aliphatic heterocycles. The van der Waals surface area contributed by atoms with Gasteiger partial charge in [-0.15, -0.1) is 0 Å². The number of aryl methyl sites for hydroxylation is 1. The van der Waals surface area contributed by atoms with E-state index >= 15 is 0 Å². The van der Waals surface area contributed by atoms with Gasteiger partial charge in [0, 0.05) is 51.2 Å². The van der Waals surface area contributed by atoms with Crippen molar-refractivity contribution in [2.45, 2.75) is 0 Å². The first kappa shape index (κ1) is 18.0. The molecule has 0 N–H and O–H groups in total. The van der Waals surface area contributed by atoms with Crippen LogP contribution in [-0.4, -0.2) is 62.1 Å². The number of carbonyl (C=O) groups excluding carboxylic acids is 2. The lowest BCUT2D eigenvalue weighted by atomic mass is 10.1. The third kappa shape index (κ3) is 3.28. The fourth-order valence-corrected chi connectivity index (χ4v) is 3.45. The molecule has 4 rings (SSSR count). The van der Waals surface area contributed by atoms with E-state index in [4.69, 9.17) is 0 Å². The molecule has 1 fully saturated rings. The largest absolute Gasteiger partial charge is 0.335 e. The van der Waals surface area contributed by atoms with Gasteiger partial charge in [0.2, 0.25) is 0 Å². The van der Waals surface area contributed by atoms with Crippen LogP contribution in [0.1, 0.15) is 20.7 Å². The monoisotopic (exact) mass is 381 g/mol. The predicted molar refractivity (Wildman–Crippen MR) is 101 cm³/mol. The van der Waals surface area contributed by atoms with Crippen LogP contribution in [0.15, 0.2) is 55.0 Å². The molecule has 144 valence electrons. The van der Waals surface area contributed by atoms with Gasteiger partial charge in [0.25, 0.3) is 11.8 Å². The molecule has 0 radical (unpaired) electrons. The molecule has 0 aliphatic carbocycles. The SMILES string of the molecule is Cn1ncc(C(=O)N2CCN(C(=O)c3cccc(F)c3)CC2)c1-n1cccc1. The molecule has 0 bridgehead atoms. The van der Waals surface area contributed by atoms with Crippen molar-refractivity contribution in [3.8, 4) is 5.82 Å². The van der Waals surface area contributed by atoms with E-state index in [2.05, 4.69) is 5.10 Å². The maximum Gasteiger partial charge on any atom is 0.259 e. The third-order valence-corrected chi connectivity index (χ3v) is 4.91. The lowest BCUT2D eigenvalue weighted by molar-refractivity contribution is 0.0535. The summed E-state index contributed by atoms with van der Waals surface area (Å²) >= 11 is 0. The van der Waals surface area contributed by atoms with Gasteiger partial charge < -0.3 is 14.4 Å². The number of hydrogen-bond donors (Lipinski definition) is 0. The molecule has 0 spiro atoms. The van der Waals surface area contributed by atoms with E-state index < -0.39 is 5.82 Å². The van der Waals surface area contributed by atoms with Gasteiger partial charge >= 0.3 is 0 Å². The first-order chi connectivity index (χ1) is 13.5. The number of amides is 2. The van der Waals surface area contributed by atoms with E-state index in [-0.39, 0.29) is 11.8 Å². The second kappa shape index (κ2) is 7.30. The predicted octanol–water partition coefficient (Wildman–Crippen LogP) is 1.95. The van der Waals surface area contributed by atoms with Crippen LogP contribution >= 0.6 is 0 Å². The molecule has 7 nitrogen and oxygen atoms in total. The Morgan fingerprint density at radius 2 is 1.61 bits per heavy atom. The van der Waals surface area contributed by atoms with Crippen LogP contribution in [-0.2, 0) is 7.05 Å². The average Bonchev–Trinajstić information content (AvgIpc) is 3.36. The summed E-state index contributed by atoms with van der Waals surface area (Å²) in [6.07, 6.45) is 5.30. The fraction of sp³-hybridized carbons (Fsp3) is 0.250. The summed E-state index contributed by atoms with van der Waals surface area (Å²) < 4.78 is 16.9. The summed E-state index contributed by atoms with van der Waals surface area (Å²) in [5.41, 5.74) is 0.838. The zero-order valence-corrected chi connectivity index (χ0v) is 15.5. The molecule has 1 aliphatic rings. The number of aromatic nitrogens is 3. The van der Waals surface area contributed by atoms with E-state index in [9.17, 15) is 14.0 Å². The van der Waals surface area contributed by atoms with Gasteiger partial charge in [0.1, 0.15) is 17.2 Å². The molecule has 0 atom stereocenters. The van der Waals surface area contributed by atoms with Crippen molar-refractivity contribution < 1.29 is 14.0 Å². The van der Waals surface area contributed by atoms with Gasteiger partial charge in [-0.1, -0.05) is 6.07 Å². The van der Waals surface area contributed by atoms with Crippen molar-refractivity contribution in [3.05, 3.63) is 71.9 Å². The van der Waals surface area contributed by atoms with E-state index in [0.29, 0.717) is 43.1 Å². The molecule has 1 aromatic carbocycles. The number of piperazine rings is 1. The van der Waals surface area contributed by atoms with Crippen LogP contribution in [0.3, 0.4) is 0 Å². The smallest absolute Gasteiger partial charge is 0.259 e. The highest BCUT2D eigenvalue weighted by Gasteiger charge is 2.28. The molecule has 2 amide bonds. The molecule has 3 aromatic rings. The third-order valence-electron chi connectivity index (χ3n) is 4.91. The highest BCUT2D eigenvalue weighted by Crippen LogP contribution is 2.18. The van der Waals surface area contributed by atoms with Crippen LogP contribution in [0, 0.1) is 5.82 Å². The molecule has 0 unspecified atom stereocenters. The Morgan fingerprint density at radius 1 is 0.964 bits per heavy atom. The highest BCUT2D eigenvalue weighted by atomic mass is 19.1. The van der Waals surface area contributed by atoms with Crippen LogP contribution in [0.25, 0.3) is 5.82 Å². The van der Waals surface area contributed by atoms with Crippen LogP contribution in [0.2, 0.25) is 0 Å². The maximum absolute atomic E-state index is 13.4. The number of benzene rings is 1. The Kier molecular flexibility index (Phi) is 4.68. The Morgan fingerprint density at radius 3 is 2.25 bits per heavy atom. The minimum Gasteiger partial charge on any atom is -0.335 e. The van der Waals surface area contributed by atoms with Gasteiger partial charge in [-0.05, 0) is 30.3 Å². The summed E-state index contributed by atoms with van der Waals surface area (Å²) in [7, 11) is 1.79. The first-order valence-electron chi connectivity index (χ1n) is 9.04. The Hall–Kier alpha value is -3.42. The molecular weight excluding hydrogens is 361 g/mol. The van der Waals surface area contributed by atoms with E-state index in [1.165, 1.54) is 18.2 Å². The van der Waals surface area contributed by atoms with Crippen molar-refractivity contribution in [3.63, 3.8) is 0 Å². The Balaban J connectivity index is 1.46. The van der Waals surface area contributed by atoms with Gasteiger partial charge in [0.15, 0.2) is 0 Å². The number of rotatable bonds is 3. The van der Waals surface area contributed by atoms with Crippen LogP contribution in [0.4, 0.5) is 4.39 Å². The number of halogens is 1. The first-order valence-corrected chi connectivity index (χ1v) is 9.04. The van der Waals surface area contributed by atoms with E-state index in [0.717, 1.165) is 0 Å². The summed E-state index contributed by atoms with van der Waals surface area (Å²) in [5.74, 6) is -0.0716. The average molecular weight is 381 g/mol. The van der Waals surface area contributed by atoms with Gasteiger partial charge in [-0.2, -0.15) is 5.10 Å². The van der Waals surface area contributed by atoms with Crippen molar-refractivity contribution in [1.29, 1.82) is 0 Å². The molecule has 28 heavy (non-hydrogen) atoms. The zero-order chi connectivity index (χ0) is 19.7. The summed E-state index contributed by atoms with van der Waals surface area (Å²) in [6, 6.07) is 9.44. The lowest BCUT2D eigenvalue weighted by Gasteiger charge is -2.34. The lowest BCUT2D eigenvalue weighted by Crippen LogP contribution is -2.50. The number of carbonyl (C=O) groups is 2. The van der Waals surface area contributed by atoms with Crippen LogP contribution in [0.5, 0.6) is 0 Å². The quantitative estimate of drug-likeness (QED) is 0.697. The van der Waals surface area contributed by atoms with E-state index in [1.54, 1.807) is 33.8 Å².